The van der Waals surface area contributed by atoms with E-state index in [4.69, 9.17) is 15.3 Å². The summed E-state index contributed by atoms with van der Waals surface area (Å²) in [6.45, 7) is 4.21. The molecule has 1 aromatic rings. The molecule has 3 N–H and O–H groups in total. The predicted octanol–water partition coefficient (Wildman–Crippen LogP) is 0.843. The average molecular weight is 238 g/mol. The summed E-state index contributed by atoms with van der Waals surface area (Å²) in [6.07, 6.45) is 0. The minimum atomic E-state index is -0.304. The molecular weight excluding hydrogens is 220 g/mol. The molecule has 0 bridgehead atoms. The van der Waals surface area contributed by atoms with E-state index in [1.807, 2.05) is 13.0 Å². The molecule has 0 unspecified atom stereocenters. The standard InChI is InChI=1S/C12H18N2O3/c1-2-16-6-7-17-9-10-4-3-5-11(8-10)12(15)14-13/h3-5,8H,2,6-7,9,13H2,1H3,(H,14,15). The van der Waals surface area contributed by atoms with Crippen molar-refractivity contribution >= 4 is 5.91 Å². The van der Waals surface area contributed by atoms with Gasteiger partial charge in [-0.15, -0.1) is 0 Å². The lowest BCUT2D eigenvalue weighted by Gasteiger charge is -2.06. The van der Waals surface area contributed by atoms with Crippen LogP contribution in [0.1, 0.15) is 22.8 Å². The second-order valence-corrected chi connectivity index (χ2v) is 3.42. The van der Waals surface area contributed by atoms with Gasteiger partial charge in [-0.3, -0.25) is 10.2 Å². The molecule has 0 aliphatic carbocycles. The van der Waals surface area contributed by atoms with Crippen molar-refractivity contribution in [3.05, 3.63) is 35.4 Å². The Labute approximate surface area is 101 Å². The molecular formula is C12H18N2O3. The Morgan fingerprint density at radius 1 is 1.35 bits per heavy atom. The van der Waals surface area contributed by atoms with Gasteiger partial charge in [0.15, 0.2) is 0 Å². The molecule has 1 aromatic carbocycles. The fourth-order valence-corrected chi connectivity index (χ4v) is 1.34. The van der Waals surface area contributed by atoms with Gasteiger partial charge >= 0.3 is 0 Å². The van der Waals surface area contributed by atoms with E-state index < -0.39 is 0 Å². The normalized spacial score (nSPS) is 10.2. The number of hydrogen-bond donors (Lipinski definition) is 2. The summed E-state index contributed by atoms with van der Waals surface area (Å²) in [5.41, 5.74) is 3.55. The van der Waals surface area contributed by atoms with Crippen molar-refractivity contribution in [3.8, 4) is 0 Å². The highest BCUT2D eigenvalue weighted by Gasteiger charge is 2.03. The number of nitrogen functional groups attached to an aromatic ring is 1. The van der Waals surface area contributed by atoms with E-state index in [0.717, 1.165) is 5.56 Å². The molecule has 0 spiro atoms. The van der Waals surface area contributed by atoms with E-state index in [1.54, 1.807) is 18.2 Å². The Balaban J connectivity index is 2.40. The van der Waals surface area contributed by atoms with Crippen molar-refractivity contribution in [2.24, 2.45) is 5.84 Å². The number of rotatable bonds is 7. The molecule has 0 saturated carbocycles. The topological polar surface area (TPSA) is 73.6 Å². The Kier molecular flexibility index (Phi) is 6.24. The summed E-state index contributed by atoms with van der Waals surface area (Å²) in [7, 11) is 0. The number of nitrogens with one attached hydrogen (secondary N) is 1. The molecule has 0 radical (unpaired) electrons. The van der Waals surface area contributed by atoms with Gasteiger partial charge in [-0.25, -0.2) is 5.84 Å². The third-order valence-electron chi connectivity index (χ3n) is 2.17. The van der Waals surface area contributed by atoms with Crippen LogP contribution < -0.4 is 11.3 Å². The zero-order valence-electron chi connectivity index (χ0n) is 9.94. The number of carbonyl (C=O) groups is 1. The van der Waals surface area contributed by atoms with E-state index in [-0.39, 0.29) is 5.91 Å². The van der Waals surface area contributed by atoms with Crippen molar-refractivity contribution in [2.75, 3.05) is 19.8 Å². The third kappa shape index (κ3) is 4.95. The monoisotopic (exact) mass is 238 g/mol. The van der Waals surface area contributed by atoms with Gasteiger partial charge in [-0.2, -0.15) is 0 Å². The highest BCUT2D eigenvalue weighted by atomic mass is 16.5. The second-order valence-electron chi connectivity index (χ2n) is 3.42. The summed E-state index contributed by atoms with van der Waals surface area (Å²) in [5.74, 6) is 4.76. The maximum atomic E-state index is 11.3. The van der Waals surface area contributed by atoms with E-state index >= 15 is 0 Å². The number of benzene rings is 1. The van der Waals surface area contributed by atoms with Crippen LogP contribution in [0.15, 0.2) is 24.3 Å². The molecule has 94 valence electrons. The lowest BCUT2D eigenvalue weighted by molar-refractivity contribution is 0.0452. The van der Waals surface area contributed by atoms with E-state index in [9.17, 15) is 4.79 Å². The first-order chi connectivity index (χ1) is 8.27. The van der Waals surface area contributed by atoms with Gasteiger partial charge < -0.3 is 9.47 Å². The van der Waals surface area contributed by atoms with E-state index in [2.05, 4.69) is 5.43 Å². The number of hydrazine groups is 1. The van der Waals surface area contributed by atoms with Crippen LogP contribution in [-0.2, 0) is 16.1 Å². The Hall–Kier alpha value is -1.43. The van der Waals surface area contributed by atoms with E-state index in [1.165, 1.54) is 0 Å². The van der Waals surface area contributed by atoms with Crippen molar-refractivity contribution in [3.63, 3.8) is 0 Å². The van der Waals surface area contributed by atoms with E-state index in [0.29, 0.717) is 32.0 Å². The number of ether oxygens (including phenoxy) is 2. The summed E-state index contributed by atoms with van der Waals surface area (Å²) in [4.78, 5) is 11.3. The van der Waals surface area contributed by atoms with Crippen LogP contribution in [0, 0.1) is 0 Å². The molecule has 0 aliphatic rings. The predicted molar refractivity (Wildman–Crippen MR) is 64.2 cm³/mol. The maximum absolute atomic E-state index is 11.3. The molecule has 5 heteroatoms. The SMILES string of the molecule is CCOCCOCc1cccc(C(=O)NN)c1. The lowest BCUT2D eigenvalue weighted by Crippen LogP contribution is -2.30. The van der Waals surface area contributed by atoms with Gasteiger partial charge in [-0.1, -0.05) is 12.1 Å². The molecule has 0 atom stereocenters. The fraction of sp³-hybridized carbons (Fsp3) is 0.417. The first-order valence-corrected chi connectivity index (χ1v) is 5.53. The van der Waals surface area contributed by atoms with Gasteiger partial charge in [0, 0.05) is 12.2 Å². The van der Waals surface area contributed by atoms with Gasteiger partial charge in [0.1, 0.15) is 0 Å². The third-order valence-corrected chi connectivity index (χ3v) is 2.17. The fourth-order valence-electron chi connectivity index (χ4n) is 1.34. The smallest absolute Gasteiger partial charge is 0.265 e. The van der Waals surface area contributed by atoms with Crippen molar-refractivity contribution in [2.45, 2.75) is 13.5 Å². The largest absolute Gasteiger partial charge is 0.379 e. The minimum Gasteiger partial charge on any atom is -0.379 e. The zero-order chi connectivity index (χ0) is 12.5. The van der Waals surface area contributed by atoms with Crippen LogP contribution in [0.2, 0.25) is 0 Å². The van der Waals surface area contributed by atoms with Gasteiger partial charge in [0.2, 0.25) is 0 Å². The van der Waals surface area contributed by atoms with Crippen LogP contribution in [0.4, 0.5) is 0 Å². The van der Waals surface area contributed by atoms with Gasteiger partial charge in [-0.05, 0) is 24.6 Å². The minimum absolute atomic E-state index is 0.304. The quantitative estimate of drug-likeness (QED) is 0.319. The van der Waals surface area contributed by atoms with Crippen LogP contribution in [0.5, 0.6) is 0 Å². The molecule has 0 saturated heterocycles. The first-order valence-electron chi connectivity index (χ1n) is 5.53. The first kappa shape index (κ1) is 13.6. The molecule has 1 rings (SSSR count). The maximum Gasteiger partial charge on any atom is 0.265 e. The number of amides is 1. The Bertz CT molecular complexity index is 355. The molecule has 17 heavy (non-hydrogen) atoms. The number of carbonyl (C=O) groups excluding carboxylic acids is 1. The summed E-state index contributed by atoms with van der Waals surface area (Å²) < 4.78 is 10.5. The van der Waals surface area contributed by atoms with Gasteiger partial charge in [0.05, 0.1) is 19.8 Å². The molecule has 0 aliphatic heterocycles. The summed E-state index contributed by atoms with van der Waals surface area (Å²) >= 11 is 0. The van der Waals surface area contributed by atoms with Crippen molar-refractivity contribution < 1.29 is 14.3 Å². The number of hydrogen-bond acceptors (Lipinski definition) is 4. The molecule has 0 heterocycles. The summed E-state index contributed by atoms with van der Waals surface area (Å²) in [6, 6.07) is 7.15. The zero-order valence-corrected chi connectivity index (χ0v) is 9.94. The second kappa shape index (κ2) is 7.78. The highest BCUT2D eigenvalue weighted by molar-refractivity contribution is 5.93. The van der Waals surface area contributed by atoms with Crippen LogP contribution in [0.25, 0.3) is 0 Å². The molecule has 1 amide bonds. The molecule has 5 nitrogen and oxygen atoms in total. The number of nitrogens with two attached hydrogens (primary N) is 1. The lowest BCUT2D eigenvalue weighted by atomic mass is 10.1. The highest BCUT2D eigenvalue weighted by Crippen LogP contribution is 2.06. The Morgan fingerprint density at radius 3 is 2.82 bits per heavy atom. The van der Waals surface area contributed by atoms with Crippen molar-refractivity contribution in [1.29, 1.82) is 0 Å². The van der Waals surface area contributed by atoms with Crippen LogP contribution in [0.3, 0.4) is 0 Å². The molecule has 0 aromatic heterocycles. The summed E-state index contributed by atoms with van der Waals surface area (Å²) in [5, 5.41) is 0. The van der Waals surface area contributed by atoms with Crippen molar-refractivity contribution in [1.82, 2.24) is 5.43 Å². The Morgan fingerprint density at radius 2 is 2.12 bits per heavy atom. The van der Waals surface area contributed by atoms with Gasteiger partial charge in [0.25, 0.3) is 5.91 Å². The van der Waals surface area contributed by atoms with Crippen LogP contribution >= 0.6 is 0 Å². The molecule has 0 fully saturated rings. The average Bonchev–Trinajstić information content (AvgIpc) is 2.38. The van der Waals surface area contributed by atoms with Crippen LogP contribution in [-0.4, -0.2) is 25.7 Å².